The van der Waals surface area contributed by atoms with Crippen molar-refractivity contribution in [2.45, 2.75) is 27.4 Å². The van der Waals surface area contributed by atoms with Crippen LogP contribution in [-0.2, 0) is 6.61 Å². The summed E-state index contributed by atoms with van der Waals surface area (Å²) in [7, 11) is 0. The zero-order valence-corrected chi connectivity index (χ0v) is 11.2. The van der Waals surface area contributed by atoms with Gasteiger partial charge in [-0.1, -0.05) is 24.3 Å². The molecule has 0 spiro atoms. The van der Waals surface area contributed by atoms with Gasteiger partial charge in [-0.3, -0.25) is 0 Å². The number of aryl methyl sites for hydroxylation is 2. The first kappa shape index (κ1) is 12.5. The Kier molecular flexibility index (Phi) is 3.56. The topological polar surface area (TPSA) is 35.2 Å². The minimum atomic E-state index is 0.552. The highest BCUT2D eigenvalue weighted by molar-refractivity contribution is 5.45. The van der Waals surface area contributed by atoms with E-state index < -0.39 is 0 Å². The number of hydrogen-bond acceptors (Lipinski definition) is 2. The van der Waals surface area contributed by atoms with Crippen molar-refractivity contribution in [1.29, 1.82) is 0 Å². The normalized spacial score (nSPS) is 10.4. The van der Waals surface area contributed by atoms with E-state index in [0.29, 0.717) is 6.61 Å². The average molecular weight is 241 g/mol. The van der Waals surface area contributed by atoms with Gasteiger partial charge in [-0.25, -0.2) is 0 Å². The monoisotopic (exact) mass is 241 g/mol. The third-order valence-electron chi connectivity index (χ3n) is 3.21. The molecular formula is C16H19NO. The van der Waals surface area contributed by atoms with Crippen LogP contribution in [0.4, 0.5) is 5.69 Å². The predicted molar refractivity (Wildman–Crippen MR) is 75.8 cm³/mol. The summed E-state index contributed by atoms with van der Waals surface area (Å²) in [5, 5.41) is 0. The van der Waals surface area contributed by atoms with Crippen molar-refractivity contribution in [2.75, 3.05) is 5.73 Å². The first-order valence-electron chi connectivity index (χ1n) is 6.12. The van der Waals surface area contributed by atoms with Gasteiger partial charge in [-0.15, -0.1) is 0 Å². The summed E-state index contributed by atoms with van der Waals surface area (Å²) in [5.41, 5.74) is 11.2. The van der Waals surface area contributed by atoms with Crippen molar-refractivity contribution in [1.82, 2.24) is 0 Å². The average Bonchev–Trinajstić information content (AvgIpc) is 2.34. The number of rotatable bonds is 3. The molecule has 2 N–H and O–H groups in total. The molecule has 0 fully saturated rings. The van der Waals surface area contributed by atoms with Crippen LogP contribution in [-0.4, -0.2) is 0 Å². The van der Waals surface area contributed by atoms with Crippen LogP contribution in [0.25, 0.3) is 0 Å². The highest BCUT2D eigenvalue weighted by atomic mass is 16.5. The minimum Gasteiger partial charge on any atom is -0.488 e. The van der Waals surface area contributed by atoms with Gasteiger partial charge >= 0.3 is 0 Å². The lowest BCUT2D eigenvalue weighted by molar-refractivity contribution is 0.302. The molecule has 0 atom stereocenters. The Morgan fingerprint density at radius 2 is 1.72 bits per heavy atom. The Bertz CT molecular complexity index is 561. The molecule has 94 valence electrons. The lowest BCUT2D eigenvalue weighted by atomic mass is 10.1. The number of hydrogen-bond donors (Lipinski definition) is 1. The largest absolute Gasteiger partial charge is 0.488 e. The van der Waals surface area contributed by atoms with E-state index in [1.54, 1.807) is 0 Å². The lowest BCUT2D eigenvalue weighted by Crippen LogP contribution is -2.00. The molecule has 0 saturated carbocycles. The second-order valence-electron chi connectivity index (χ2n) is 4.69. The van der Waals surface area contributed by atoms with Crippen molar-refractivity contribution >= 4 is 5.69 Å². The second kappa shape index (κ2) is 5.13. The van der Waals surface area contributed by atoms with Crippen LogP contribution in [0, 0.1) is 20.8 Å². The molecule has 2 aromatic rings. The molecule has 0 amide bonds. The Balaban J connectivity index is 2.18. The molecule has 0 unspecified atom stereocenters. The van der Waals surface area contributed by atoms with Crippen LogP contribution in [0.5, 0.6) is 5.75 Å². The molecule has 2 rings (SSSR count). The fraction of sp³-hybridized carbons (Fsp3) is 0.250. The van der Waals surface area contributed by atoms with Gasteiger partial charge in [0.05, 0.1) is 0 Å². The molecule has 0 aliphatic rings. The Morgan fingerprint density at radius 1 is 1.00 bits per heavy atom. The van der Waals surface area contributed by atoms with Gasteiger partial charge in [-0.2, -0.15) is 0 Å². The lowest BCUT2D eigenvalue weighted by Gasteiger charge is -2.14. The van der Waals surface area contributed by atoms with Crippen LogP contribution in [0.15, 0.2) is 36.4 Å². The van der Waals surface area contributed by atoms with Gasteiger partial charge in [0.25, 0.3) is 0 Å². The first-order valence-corrected chi connectivity index (χ1v) is 6.12. The maximum atomic E-state index is 5.93. The minimum absolute atomic E-state index is 0.552. The quantitative estimate of drug-likeness (QED) is 0.830. The standard InChI is InChI=1S/C16H19NO/c1-11-7-8-12(2)16(13(11)3)18-10-14-5-4-6-15(17)9-14/h4-9H,10,17H2,1-3H3. The summed E-state index contributed by atoms with van der Waals surface area (Å²) >= 11 is 0. The van der Waals surface area contributed by atoms with E-state index in [0.717, 1.165) is 17.0 Å². The third kappa shape index (κ3) is 2.65. The molecule has 18 heavy (non-hydrogen) atoms. The van der Waals surface area contributed by atoms with Crippen LogP contribution < -0.4 is 10.5 Å². The molecule has 2 aromatic carbocycles. The van der Waals surface area contributed by atoms with E-state index >= 15 is 0 Å². The highest BCUT2D eigenvalue weighted by Crippen LogP contribution is 2.26. The summed E-state index contributed by atoms with van der Waals surface area (Å²) in [6, 6.07) is 12.0. The van der Waals surface area contributed by atoms with E-state index in [4.69, 9.17) is 10.5 Å². The van der Waals surface area contributed by atoms with Gasteiger partial charge in [-0.05, 0) is 55.2 Å². The fourth-order valence-corrected chi connectivity index (χ4v) is 1.99. The van der Waals surface area contributed by atoms with Crippen molar-refractivity contribution in [3.05, 3.63) is 58.7 Å². The van der Waals surface area contributed by atoms with Gasteiger partial charge in [0.2, 0.25) is 0 Å². The third-order valence-corrected chi connectivity index (χ3v) is 3.21. The molecule has 0 saturated heterocycles. The molecule has 0 aliphatic heterocycles. The Hall–Kier alpha value is -1.96. The van der Waals surface area contributed by atoms with E-state index in [-0.39, 0.29) is 0 Å². The van der Waals surface area contributed by atoms with Crippen molar-refractivity contribution in [2.24, 2.45) is 0 Å². The van der Waals surface area contributed by atoms with E-state index in [2.05, 4.69) is 32.9 Å². The van der Waals surface area contributed by atoms with Crippen LogP contribution >= 0.6 is 0 Å². The van der Waals surface area contributed by atoms with E-state index in [1.165, 1.54) is 16.7 Å². The van der Waals surface area contributed by atoms with E-state index in [9.17, 15) is 0 Å². The molecule has 0 heterocycles. The molecular weight excluding hydrogens is 222 g/mol. The van der Waals surface area contributed by atoms with Crippen molar-refractivity contribution in [3.8, 4) is 5.75 Å². The maximum Gasteiger partial charge on any atom is 0.125 e. The molecule has 2 nitrogen and oxygen atoms in total. The van der Waals surface area contributed by atoms with Crippen molar-refractivity contribution < 1.29 is 4.74 Å². The summed E-state index contributed by atoms with van der Waals surface area (Å²) in [5.74, 6) is 0.984. The summed E-state index contributed by atoms with van der Waals surface area (Å²) in [4.78, 5) is 0. The van der Waals surface area contributed by atoms with Crippen LogP contribution in [0.3, 0.4) is 0 Å². The summed E-state index contributed by atoms with van der Waals surface area (Å²) in [6.45, 7) is 6.82. The van der Waals surface area contributed by atoms with Gasteiger partial charge in [0, 0.05) is 5.69 Å². The molecule has 0 aromatic heterocycles. The number of benzene rings is 2. The first-order chi connectivity index (χ1) is 8.58. The van der Waals surface area contributed by atoms with Crippen LogP contribution in [0.2, 0.25) is 0 Å². The number of anilines is 1. The Morgan fingerprint density at radius 3 is 2.44 bits per heavy atom. The zero-order valence-electron chi connectivity index (χ0n) is 11.2. The number of ether oxygens (including phenoxy) is 1. The fourth-order valence-electron chi connectivity index (χ4n) is 1.99. The van der Waals surface area contributed by atoms with Gasteiger partial charge in [0.15, 0.2) is 0 Å². The molecule has 0 bridgehead atoms. The molecule has 0 aliphatic carbocycles. The summed E-state index contributed by atoms with van der Waals surface area (Å²) in [6.07, 6.45) is 0. The highest BCUT2D eigenvalue weighted by Gasteiger charge is 2.06. The number of nitrogens with two attached hydrogens (primary N) is 1. The van der Waals surface area contributed by atoms with Crippen LogP contribution in [0.1, 0.15) is 22.3 Å². The maximum absolute atomic E-state index is 5.93. The van der Waals surface area contributed by atoms with Gasteiger partial charge < -0.3 is 10.5 Å². The smallest absolute Gasteiger partial charge is 0.125 e. The predicted octanol–water partition coefficient (Wildman–Crippen LogP) is 3.77. The van der Waals surface area contributed by atoms with Gasteiger partial charge in [0.1, 0.15) is 12.4 Å². The van der Waals surface area contributed by atoms with Crippen molar-refractivity contribution in [3.63, 3.8) is 0 Å². The summed E-state index contributed by atoms with van der Waals surface area (Å²) < 4.78 is 5.93. The number of nitrogen functional groups attached to an aromatic ring is 1. The second-order valence-corrected chi connectivity index (χ2v) is 4.69. The Labute approximate surface area is 108 Å². The molecule has 2 heteroatoms. The zero-order chi connectivity index (χ0) is 13.1. The molecule has 0 radical (unpaired) electrons. The van der Waals surface area contributed by atoms with E-state index in [1.807, 2.05) is 24.3 Å². The SMILES string of the molecule is Cc1ccc(C)c(OCc2cccc(N)c2)c1C.